The third-order valence-corrected chi connectivity index (χ3v) is 4.53. The van der Waals surface area contributed by atoms with E-state index in [0.29, 0.717) is 22.3 Å². The Morgan fingerprint density at radius 2 is 2.00 bits per heavy atom. The Morgan fingerprint density at radius 1 is 1.24 bits per heavy atom. The third kappa shape index (κ3) is 2.31. The minimum atomic E-state index is -0.330. The van der Waals surface area contributed by atoms with Crippen LogP contribution in [-0.2, 0) is 0 Å². The molecule has 3 aromatic rings. The number of nitrogen functional groups attached to an aromatic ring is 1. The highest BCUT2D eigenvalue weighted by atomic mass is 32.1. The number of aryl methyl sites for hydroxylation is 2. The zero-order valence-electron chi connectivity index (χ0n) is 11.9. The molecule has 0 saturated heterocycles. The van der Waals surface area contributed by atoms with E-state index >= 15 is 0 Å². The molecule has 0 unspecified atom stereocenters. The molecule has 0 bridgehead atoms. The van der Waals surface area contributed by atoms with Crippen molar-refractivity contribution < 1.29 is 8.91 Å². The number of hydrogen-bond acceptors (Lipinski definition) is 5. The molecule has 3 rings (SSSR count). The van der Waals surface area contributed by atoms with Crippen LogP contribution in [0.3, 0.4) is 0 Å². The first-order valence-corrected chi connectivity index (χ1v) is 7.25. The van der Waals surface area contributed by atoms with Crippen molar-refractivity contribution >= 4 is 16.3 Å². The van der Waals surface area contributed by atoms with Gasteiger partial charge in [-0.2, -0.15) is 4.98 Å². The van der Waals surface area contributed by atoms with E-state index < -0.39 is 0 Å². The highest BCUT2D eigenvalue weighted by Gasteiger charge is 2.19. The number of aromatic nitrogens is 2. The van der Waals surface area contributed by atoms with Gasteiger partial charge in [-0.25, -0.2) is 4.39 Å². The molecule has 0 spiro atoms. The smallest absolute Gasteiger partial charge is 0.261 e. The topological polar surface area (TPSA) is 64.9 Å². The second-order valence-electron chi connectivity index (χ2n) is 4.90. The lowest BCUT2D eigenvalue weighted by Crippen LogP contribution is -1.89. The molecule has 0 radical (unpaired) electrons. The molecule has 2 aromatic heterocycles. The van der Waals surface area contributed by atoms with Crippen molar-refractivity contribution in [3.05, 3.63) is 40.0 Å². The van der Waals surface area contributed by atoms with E-state index in [1.54, 1.807) is 6.07 Å². The maximum absolute atomic E-state index is 13.4. The molecular weight excluding hydrogens is 289 g/mol. The average molecular weight is 303 g/mol. The number of nitrogens with two attached hydrogens (primary N) is 1. The first-order valence-electron chi connectivity index (χ1n) is 6.43. The lowest BCUT2D eigenvalue weighted by Gasteiger charge is -1.99. The van der Waals surface area contributed by atoms with E-state index in [-0.39, 0.29) is 5.82 Å². The Morgan fingerprint density at radius 3 is 2.67 bits per heavy atom. The molecule has 108 valence electrons. The number of benzene rings is 1. The van der Waals surface area contributed by atoms with Crippen molar-refractivity contribution in [2.24, 2.45) is 0 Å². The van der Waals surface area contributed by atoms with Crippen LogP contribution in [-0.4, -0.2) is 10.1 Å². The Labute approximate surface area is 125 Å². The number of nitrogens with zero attached hydrogens (tertiary/aromatic N) is 2. The van der Waals surface area contributed by atoms with Crippen LogP contribution in [0.4, 0.5) is 9.39 Å². The van der Waals surface area contributed by atoms with Crippen molar-refractivity contribution in [1.29, 1.82) is 0 Å². The van der Waals surface area contributed by atoms with Crippen molar-refractivity contribution in [3.8, 4) is 22.8 Å². The first kappa shape index (κ1) is 13.8. The zero-order valence-corrected chi connectivity index (χ0v) is 12.7. The molecule has 0 aliphatic carbocycles. The number of thiophene rings is 1. The molecule has 21 heavy (non-hydrogen) atoms. The molecular formula is C15H14FN3OS. The van der Waals surface area contributed by atoms with Crippen LogP contribution in [0.25, 0.3) is 22.8 Å². The normalized spacial score (nSPS) is 11.0. The van der Waals surface area contributed by atoms with Gasteiger partial charge in [-0.05, 0) is 44.0 Å². The van der Waals surface area contributed by atoms with Gasteiger partial charge in [0.15, 0.2) is 0 Å². The molecule has 0 saturated carbocycles. The average Bonchev–Trinajstić information content (AvgIpc) is 2.99. The van der Waals surface area contributed by atoms with Gasteiger partial charge >= 0.3 is 0 Å². The molecule has 4 nitrogen and oxygen atoms in total. The van der Waals surface area contributed by atoms with Crippen molar-refractivity contribution in [1.82, 2.24) is 10.1 Å². The lowest BCUT2D eigenvalue weighted by molar-refractivity contribution is 0.432. The summed E-state index contributed by atoms with van der Waals surface area (Å²) in [6.07, 6.45) is 0. The van der Waals surface area contributed by atoms with Gasteiger partial charge in [0.25, 0.3) is 5.89 Å². The molecule has 0 fully saturated rings. The Hall–Kier alpha value is -2.21. The third-order valence-electron chi connectivity index (χ3n) is 3.49. The monoisotopic (exact) mass is 303 g/mol. The first-order chi connectivity index (χ1) is 9.97. The van der Waals surface area contributed by atoms with Crippen LogP contribution >= 0.6 is 11.3 Å². The molecule has 2 heterocycles. The fourth-order valence-electron chi connectivity index (χ4n) is 2.19. The van der Waals surface area contributed by atoms with E-state index in [1.807, 2.05) is 20.8 Å². The summed E-state index contributed by atoms with van der Waals surface area (Å²) in [6.45, 7) is 5.84. The van der Waals surface area contributed by atoms with Crippen molar-refractivity contribution in [2.45, 2.75) is 20.8 Å². The molecule has 6 heteroatoms. The van der Waals surface area contributed by atoms with E-state index in [2.05, 4.69) is 10.1 Å². The summed E-state index contributed by atoms with van der Waals surface area (Å²) in [7, 11) is 0. The molecule has 0 aliphatic rings. The number of hydrogen-bond donors (Lipinski definition) is 1. The van der Waals surface area contributed by atoms with Crippen LogP contribution in [0.15, 0.2) is 22.7 Å². The number of halogens is 1. The molecule has 0 aliphatic heterocycles. The SMILES string of the molecule is Cc1ccc(F)cc1-c1noc(-c2c(N)sc(C)c2C)n1. The van der Waals surface area contributed by atoms with Crippen LogP contribution in [0.1, 0.15) is 16.0 Å². The maximum atomic E-state index is 13.4. The highest BCUT2D eigenvalue weighted by Crippen LogP contribution is 2.37. The van der Waals surface area contributed by atoms with Gasteiger partial charge in [-0.1, -0.05) is 11.2 Å². The van der Waals surface area contributed by atoms with Crippen LogP contribution < -0.4 is 5.73 Å². The van der Waals surface area contributed by atoms with Crippen LogP contribution in [0, 0.1) is 26.6 Å². The maximum Gasteiger partial charge on any atom is 0.261 e. The van der Waals surface area contributed by atoms with Gasteiger partial charge in [-0.3, -0.25) is 0 Å². The minimum Gasteiger partial charge on any atom is -0.390 e. The van der Waals surface area contributed by atoms with Gasteiger partial charge in [0, 0.05) is 10.4 Å². The Kier molecular flexibility index (Phi) is 3.25. The van der Waals surface area contributed by atoms with Gasteiger partial charge in [-0.15, -0.1) is 11.3 Å². The quantitative estimate of drug-likeness (QED) is 0.773. The molecule has 0 atom stereocenters. The minimum absolute atomic E-state index is 0.330. The molecule has 1 aromatic carbocycles. The second kappa shape index (κ2) is 4.96. The van der Waals surface area contributed by atoms with Gasteiger partial charge < -0.3 is 10.3 Å². The standard InChI is InChI=1S/C15H14FN3OS/c1-7-4-5-10(16)6-11(7)14-18-15(20-19-14)12-8(2)9(3)21-13(12)17/h4-6H,17H2,1-3H3. The van der Waals surface area contributed by atoms with Crippen LogP contribution in [0.2, 0.25) is 0 Å². The summed E-state index contributed by atoms with van der Waals surface area (Å²) in [6, 6.07) is 4.50. The van der Waals surface area contributed by atoms with Gasteiger partial charge in [0.05, 0.1) is 10.6 Å². The Bertz CT molecular complexity index is 822. The van der Waals surface area contributed by atoms with Crippen molar-refractivity contribution in [3.63, 3.8) is 0 Å². The molecule has 2 N–H and O–H groups in total. The summed E-state index contributed by atoms with van der Waals surface area (Å²) in [5, 5.41) is 4.60. The summed E-state index contributed by atoms with van der Waals surface area (Å²) in [4.78, 5) is 5.48. The predicted octanol–water partition coefficient (Wildman–Crippen LogP) is 4.11. The lowest BCUT2D eigenvalue weighted by atomic mass is 10.1. The van der Waals surface area contributed by atoms with Gasteiger partial charge in [0.2, 0.25) is 5.82 Å². The fraction of sp³-hybridized carbons (Fsp3) is 0.200. The summed E-state index contributed by atoms with van der Waals surface area (Å²) >= 11 is 1.49. The zero-order chi connectivity index (χ0) is 15.1. The largest absolute Gasteiger partial charge is 0.390 e. The van der Waals surface area contributed by atoms with E-state index in [0.717, 1.165) is 21.6 Å². The summed E-state index contributed by atoms with van der Waals surface area (Å²) < 4.78 is 18.7. The van der Waals surface area contributed by atoms with E-state index in [9.17, 15) is 4.39 Å². The summed E-state index contributed by atoms with van der Waals surface area (Å²) in [5.41, 5.74) is 9.31. The number of anilines is 1. The van der Waals surface area contributed by atoms with E-state index in [1.165, 1.54) is 23.5 Å². The predicted molar refractivity (Wildman–Crippen MR) is 81.6 cm³/mol. The second-order valence-corrected chi connectivity index (χ2v) is 6.16. The van der Waals surface area contributed by atoms with Crippen LogP contribution in [0.5, 0.6) is 0 Å². The highest BCUT2D eigenvalue weighted by molar-refractivity contribution is 7.16. The van der Waals surface area contributed by atoms with Gasteiger partial charge in [0.1, 0.15) is 5.82 Å². The summed E-state index contributed by atoms with van der Waals surface area (Å²) in [5.74, 6) is 0.404. The fourth-order valence-corrected chi connectivity index (χ4v) is 3.12. The molecule has 0 amide bonds. The van der Waals surface area contributed by atoms with Crippen molar-refractivity contribution in [2.75, 3.05) is 5.73 Å². The number of rotatable bonds is 2. The Balaban J connectivity index is 2.10. The van der Waals surface area contributed by atoms with E-state index in [4.69, 9.17) is 10.3 Å².